The molecule has 0 fully saturated rings. The topological polar surface area (TPSA) is 108 Å². The van der Waals surface area contributed by atoms with E-state index in [1.807, 2.05) is 47.0 Å². The molecule has 2 aromatic heterocycles. The fraction of sp³-hybridized carbons (Fsp3) is 0.217. The molecule has 2 aromatic carbocycles. The summed E-state index contributed by atoms with van der Waals surface area (Å²) < 4.78 is 7.12. The van der Waals surface area contributed by atoms with Gasteiger partial charge < -0.3 is 20.4 Å². The van der Waals surface area contributed by atoms with Crippen molar-refractivity contribution in [3.63, 3.8) is 0 Å². The second kappa shape index (κ2) is 10.1. The largest absolute Gasteiger partial charge is 0.450 e. The van der Waals surface area contributed by atoms with Gasteiger partial charge in [0.15, 0.2) is 11.5 Å². The molecule has 0 spiro atoms. The van der Waals surface area contributed by atoms with Crippen LogP contribution in [0.1, 0.15) is 18.4 Å². The Morgan fingerprint density at radius 2 is 1.78 bits per heavy atom. The van der Waals surface area contributed by atoms with Gasteiger partial charge in [0, 0.05) is 13.1 Å². The van der Waals surface area contributed by atoms with Crippen LogP contribution in [0.15, 0.2) is 60.9 Å². The first-order chi connectivity index (χ1) is 15.6. The number of nitrogen functional groups attached to an aromatic ring is 1. The Hall–Kier alpha value is -3.65. The van der Waals surface area contributed by atoms with Gasteiger partial charge in [-0.25, -0.2) is 9.78 Å². The fourth-order valence-electron chi connectivity index (χ4n) is 3.32. The van der Waals surface area contributed by atoms with E-state index < -0.39 is 6.09 Å². The van der Waals surface area contributed by atoms with Gasteiger partial charge in [-0.05, 0) is 41.1 Å². The van der Waals surface area contributed by atoms with E-state index in [1.54, 1.807) is 6.33 Å². The van der Waals surface area contributed by atoms with Crippen LogP contribution in [0.5, 0.6) is 0 Å². The summed E-state index contributed by atoms with van der Waals surface area (Å²) in [6, 6.07) is 18.2. The lowest BCUT2D eigenvalue weighted by atomic mass is 10.0. The number of alkyl carbamates (subject to hydrolysis) is 1. The number of hydrogen-bond acceptors (Lipinski definition) is 6. The van der Waals surface area contributed by atoms with Crippen LogP contribution in [0.4, 0.5) is 10.6 Å². The molecule has 3 N–H and O–H groups in total. The maximum Gasteiger partial charge on any atom is 0.407 e. The van der Waals surface area contributed by atoms with Gasteiger partial charge in [-0.1, -0.05) is 54.6 Å². The highest BCUT2D eigenvalue weighted by molar-refractivity contribution is 6.28. The van der Waals surface area contributed by atoms with Crippen molar-refractivity contribution in [3.8, 4) is 11.1 Å². The Kier molecular flexibility index (Phi) is 6.81. The third-order valence-electron chi connectivity index (χ3n) is 4.99. The van der Waals surface area contributed by atoms with E-state index in [2.05, 4.69) is 32.4 Å². The Morgan fingerprint density at radius 1 is 1.03 bits per heavy atom. The number of benzene rings is 2. The van der Waals surface area contributed by atoms with Crippen LogP contribution < -0.4 is 11.1 Å². The Morgan fingerprint density at radius 3 is 2.56 bits per heavy atom. The van der Waals surface area contributed by atoms with Crippen LogP contribution in [0.25, 0.3) is 22.3 Å². The monoisotopic (exact) mass is 450 g/mol. The van der Waals surface area contributed by atoms with Crippen LogP contribution in [0.2, 0.25) is 5.28 Å². The summed E-state index contributed by atoms with van der Waals surface area (Å²) in [6.07, 6.45) is 2.70. The average Bonchev–Trinajstić information content (AvgIpc) is 3.21. The second-order valence-electron chi connectivity index (χ2n) is 7.25. The molecule has 0 aliphatic carbocycles. The van der Waals surface area contributed by atoms with Gasteiger partial charge in [0.2, 0.25) is 5.28 Å². The number of carbonyl (C=O) groups excluding carboxylic acids is 1. The molecule has 0 aliphatic rings. The van der Waals surface area contributed by atoms with E-state index >= 15 is 0 Å². The lowest BCUT2D eigenvalue weighted by Crippen LogP contribution is -2.24. The van der Waals surface area contributed by atoms with Crippen molar-refractivity contribution in [1.82, 2.24) is 24.8 Å². The van der Waals surface area contributed by atoms with Gasteiger partial charge in [-0.15, -0.1) is 0 Å². The Labute approximate surface area is 190 Å². The van der Waals surface area contributed by atoms with Crippen molar-refractivity contribution in [1.29, 1.82) is 0 Å². The number of anilines is 1. The molecule has 164 valence electrons. The molecule has 32 heavy (non-hydrogen) atoms. The standard InChI is InChI=1S/C23H23ClN6O2/c24-22-28-20(25)19-21(29-22)30(15-27-19)12-4-5-13-32-23(31)26-14-16-8-10-18(11-9-16)17-6-2-1-3-7-17/h1-3,6-11,15H,4-5,12-14H2,(H,26,31)(H2,25,28,29). The van der Waals surface area contributed by atoms with Crippen molar-refractivity contribution in [2.24, 2.45) is 0 Å². The Balaban J connectivity index is 1.17. The number of nitrogens with one attached hydrogen (secondary N) is 1. The summed E-state index contributed by atoms with van der Waals surface area (Å²) in [5.41, 5.74) is 10.2. The summed E-state index contributed by atoms with van der Waals surface area (Å²) in [7, 11) is 0. The molecule has 0 atom stereocenters. The normalized spacial score (nSPS) is 10.9. The number of imidazole rings is 1. The van der Waals surface area contributed by atoms with E-state index in [4.69, 9.17) is 22.1 Å². The second-order valence-corrected chi connectivity index (χ2v) is 7.59. The van der Waals surface area contributed by atoms with Crippen molar-refractivity contribution < 1.29 is 9.53 Å². The SMILES string of the molecule is Nc1nc(Cl)nc2c1ncn2CCCCOC(=O)NCc1ccc(-c2ccccc2)cc1. The van der Waals surface area contributed by atoms with Gasteiger partial charge in [0.1, 0.15) is 5.52 Å². The molecule has 2 heterocycles. The first-order valence-electron chi connectivity index (χ1n) is 10.3. The third-order valence-corrected chi connectivity index (χ3v) is 5.16. The molecule has 4 aromatic rings. The van der Waals surface area contributed by atoms with Crippen molar-refractivity contribution in [2.45, 2.75) is 25.9 Å². The molecule has 0 saturated carbocycles. The summed E-state index contributed by atoms with van der Waals surface area (Å²) in [5.74, 6) is 0.258. The van der Waals surface area contributed by atoms with Crippen LogP contribution in [0, 0.1) is 0 Å². The molecular formula is C23H23ClN6O2. The predicted molar refractivity (Wildman–Crippen MR) is 124 cm³/mol. The number of nitrogens with two attached hydrogens (primary N) is 1. The van der Waals surface area contributed by atoms with Crippen LogP contribution in [0.3, 0.4) is 0 Å². The van der Waals surface area contributed by atoms with Crippen molar-refractivity contribution in [3.05, 3.63) is 71.8 Å². The van der Waals surface area contributed by atoms with E-state index in [-0.39, 0.29) is 11.1 Å². The summed E-state index contributed by atoms with van der Waals surface area (Å²) in [6.45, 7) is 1.39. The number of rotatable bonds is 8. The average molecular weight is 451 g/mol. The minimum atomic E-state index is -0.433. The minimum Gasteiger partial charge on any atom is -0.450 e. The maximum absolute atomic E-state index is 12.0. The first kappa shape index (κ1) is 21.6. The number of unbranched alkanes of at least 4 members (excludes halogenated alkanes) is 1. The smallest absolute Gasteiger partial charge is 0.407 e. The summed E-state index contributed by atoms with van der Waals surface area (Å²) in [4.78, 5) is 24.2. The quantitative estimate of drug-likeness (QED) is 0.303. The zero-order chi connectivity index (χ0) is 22.3. The van der Waals surface area contributed by atoms with Crippen molar-refractivity contribution in [2.75, 3.05) is 12.3 Å². The number of hydrogen-bond donors (Lipinski definition) is 2. The third kappa shape index (κ3) is 5.33. The van der Waals surface area contributed by atoms with Crippen LogP contribution in [-0.2, 0) is 17.8 Å². The zero-order valence-corrected chi connectivity index (χ0v) is 18.1. The maximum atomic E-state index is 12.0. The zero-order valence-electron chi connectivity index (χ0n) is 17.4. The summed E-state index contributed by atoms with van der Waals surface area (Å²) in [5, 5.41) is 2.87. The molecule has 0 aliphatic heterocycles. The fourth-order valence-corrected chi connectivity index (χ4v) is 3.49. The van der Waals surface area contributed by atoms with Crippen LogP contribution >= 0.6 is 11.6 Å². The van der Waals surface area contributed by atoms with Crippen molar-refractivity contribution >= 4 is 34.7 Å². The molecule has 0 saturated heterocycles. The van der Waals surface area contributed by atoms with Gasteiger partial charge >= 0.3 is 6.09 Å². The molecule has 0 unspecified atom stereocenters. The molecule has 4 rings (SSSR count). The minimum absolute atomic E-state index is 0.0893. The molecule has 1 amide bonds. The molecule has 0 bridgehead atoms. The summed E-state index contributed by atoms with van der Waals surface area (Å²) >= 11 is 5.87. The van der Waals surface area contributed by atoms with E-state index in [0.717, 1.165) is 23.1 Å². The van der Waals surface area contributed by atoms with Gasteiger partial charge in [0.25, 0.3) is 0 Å². The molecular weight excluding hydrogens is 428 g/mol. The van der Waals surface area contributed by atoms with Crippen LogP contribution in [-0.4, -0.2) is 32.2 Å². The predicted octanol–water partition coefficient (Wildman–Crippen LogP) is 4.44. The number of carbonyl (C=O) groups is 1. The highest BCUT2D eigenvalue weighted by Gasteiger charge is 2.10. The number of nitrogens with zero attached hydrogens (tertiary/aromatic N) is 4. The van der Waals surface area contributed by atoms with E-state index in [9.17, 15) is 4.79 Å². The van der Waals surface area contributed by atoms with E-state index in [0.29, 0.717) is 37.3 Å². The Bertz CT molecular complexity index is 1190. The van der Waals surface area contributed by atoms with E-state index in [1.165, 1.54) is 0 Å². The number of ether oxygens (including phenoxy) is 1. The van der Waals surface area contributed by atoms with Gasteiger partial charge in [-0.3, -0.25) is 0 Å². The number of halogens is 1. The number of aryl methyl sites for hydroxylation is 1. The molecule has 8 nitrogen and oxygen atoms in total. The molecule has 0 radical (unpaired) electrons. The first-order valence-corrected chi connectivity index (χ1v) is 10.7. The highest BCUT2D eigenvalue weighted by Crippen LogP contribution is 2.20. The lowest BCUT2D eigenvalue weighted by molar-refractivity contribution is 0.143. The molecule has 9 heteroatoms. The van der Waals surface area contributed by atoms with Gasteiger partial charge in [-0.2, -0.15) is 9.97 Å². The highest BCUT2D eigenvalue weighted by atomic mass is 35.5. The lowest BCUT2D eigenvalue weighted by Gasteiger charge is -2.08. The van der Waals surface area contributed by atoms with Gasteiger partial charge in [0.05, 0.1) is 12.9 Å². The number of fused-ring (bicyclic) bond motifs is 1. The number of amides is 1. The number of aromatic nitrogens is 4.